The summed E-state index contributed by atoms with van der Waals surface area (Å²) in [7, 11) is -3.63. The monoisotopic (exact) mass is 512 g/mol. The number of amides is 1. The molecule has 2 aliphatic heterocycles. The summed E-state index contributed by atoms with van der Waals surface area (Å²) in [6, 6.07) is 10.1. The van der Waals surface area contributed by atoms with Gasteiger partial charge in [0.25, 0.3) is 5.91 Å². The van der Waals surface area contributed by atoms with E-state index < -0.39 is 15.9 Å². The van der Waals surface area contributed by atoms with Crippen LogP contribution in [0.2, 0.25) is 0 Å². The van der Waals surface area contributed by atoms with Crippen molar-refractivity contribution in [3.05, 3.63) is 53.9 Å². The zero-order valence-corrected chi connectivity index (χ0v) is 20.8. The highest BCUT2D eigenvalue weighted by atomic mass is 32.2. The average molecular weight is 513 g/mol. The van der Waals surface area contributed by atoms with Crippen LogP contribution in [0.4, 0.5) is 4.39 Å². The third kappa shape index (κ3) is 4.65. The van der Waals surface area contributed by atoms with Gasteiger partial charge >= 0.3 is 0 Å². The van der Waals surface area contributed by atoms with Crippen molar-refractivity contribution in [2.75, 3.05) is 32.7 Å². The van der Waals surface area contributed by atoms with Crippen molar-refractivity contribution in [3.8, 4) is 11.1 Å². The molecule has 0 aliphatic carbocycles. The topological polar surface area (TPSA) is 114 Å². The van der Waals surface area contributed by atoms with Crippen molar-refractivity contribution < 1.29 is 17.6 Å². The van der Waals surface area contributed by atoms with E-state index >= 15 is 0 Å². The van der Waals surface area contributed by atoms with E-state index in [1.165, 1.54) is 15.1 Å². The van der Waals surface area contributed by atoms with Crippen LogP contribution in [0.25, 0.3) is 22.2 Å². The Morgan fingerprint density at radius 1 is 1.06 bits per heavy atom. The molecule has 0 radical (unpaired) electrons. The predicted octanol–water partition coefficient (Wildman–Crippen LogP) is 2.93. The first kappa shape index (κ1) is 24.5. The minimum atomic E-state index is -3.63. The molecule has 11 heteroatoms. The third-order valence-corrected chi connectivity index (χ3v) is 8.64. The maximum Gasteiger partial charge on any atom is 0.253 e. The van der Waals surface area contributed by atoms with Gasteiger partial charge in [-0.05, 0) is 61.6 Å². The second-order valence-corrected chi connectivity index (χ2v) is 11.1. The largest absolute Gasteiger partial charge is 0.339 e. The number of hydrogen-bond acceptors (Lipinski definition) is 6. The lowest BCUT2D eigenvalue weighted by Crippen LogP contribution is -2.28. The molecule has 2 fully saturated rings. The van der Waals surface area contributed by atoms with Gasteiger partial charge in [0.15, 0.2) is 0 Å². The summed E-state index contributed by atoms with van der Waals surface area (Å²) in [5, 5.41) is 8.41. The highest BCUT2D eigenvalue weighted by Gasteiger charge is 2.28. The van der Waals surface area contributed by atoms with Crippen LogP contribution in [0, 0.1) is 0 Å². The highest BCUT2D eigenvalue weighted by molar-refractivity contribution is 7.89. The molecule has 2 N–H and O–H groups in total. The summed E-state index contributed by atoms with van der Waals surface area (Å²) >= 11 is 0. The molecule has 0 bridgehead atoms. The lowest BCUT2D eigenvalue weighted by Gasteiger charge is -2.17. The van der Waals surface area contributed by atoms with E-state index in [-0.39, 0.29) is 23.9 Å². The summed E-state index contributed by atoms with van der Waals surface area (Å²) in [5.74, 6) is -0.581. The molecule has 0 atom stereocenters. The first-order chi connectivity index (χ1) is 17.4. The molecule has 36 heavy (non-hydrogen) atoms. The van der Waals surface area contributed by atoms with E-state index in [0.29, 0.717) is 53.9 Å². The SMILES string of the molecule is NC/C=C(\F)Cn1nnc2c(-c3cccc(S(=O)(=O)N4CCCC4)c3)cc(C(=O)N3CCCC3)cc21. The molecule has 190 valence electrons. The van der Waals surface area contributed by atoms with Crippen LogP contribution in [0.3, 0.4) is 0 Å². The minimum Gasteiger partial charge on any atom is -0.339 e. The van der Waals surface area contributed by atoms with Gasteiger partial charge in [-0.15, -0.1) is 5.10 Å². The van der Waals surface area contributed by atoms with Gasteiger partial charge in [-0.1, -0.05) is 17.3 Å². The first-order valence-corrected chi connectivity index (χ1v) is 13.6. The summed E-state index contributed by atoms with van der Waals surface area (Å²) in [5.41, 5.74) is 7.99. The van der Waals surface area contributed by atoms with Crippen LogP contribution in [-0.2, 0) is 16.6 Å². The number of allylic oxidation sites excluding steroid dienone is 1. The number of likely N-dealkylation sites (tertiary alicyclic amines) is 1. The molecular formula is C25H29FN6O3S. The molecule has 1 aromatic heterocycles. The Hall–Kier alpha value is -3.15. The maximum atomic E-state index is 14.3. The normalized spacial score (nSPS) is 17.4. The van der Waals surface area contributed by atoms with Crippen molar-refractivity contribution in [3.63, 3.8) is 0 Å². The molecule has 0 spiro atoms. The van der Waals surface area contributed by atoms with E-state index in [1.54, 1.807) is 41.3 Å². The second kappa shape index (κ2) is 10.1. The van der Waals surface area contributed by atoms with Gasteiger partial charge < -0.3 is 10.6 Å². The molecular weight excluding hydrogens is 483 g/mol. The van der Waals surface area contributed by atoms with Crippen LogP contribution in [0.1, 0.15) is 36.0 Å². The van der Waals surface area contributed by atoms with Gasteiger partial charge in [0.05, 0.1) is 17.0 Å². The molecule has 0 unspecified atom stereocenters. The van der Waals surface area contributed by atoms with Crippen molar-refractivity contribution >= 4 is 27.0 Å². The van der Waals surface area contributed by atoms with Gasteiger partial charge in [0.1, 0.15) is 11.3 Å². The molecule has 5 rings (SSSR count). The Morgan fingerprint density at radius 3 is 2.50 bits per heavy atom. The number of carbonyl (C=O) groups is 1. The standard InChI is InChI=1S/C25H29FN6O3S/c26-20(8-9-27)17-32-23-16-19(25(33)30-10-1-2-11-30)15-22(24(23)28-29-32)18-6-5-7-21(14-18)36(34,35)31-12-3-4-13-31/h5-8,14-16H,1-4,9-13,17,27H2/b20-8-. The number of carbonyl (C=O) groups excluding carboxylic acids is 1. The van der Waals surface area contributed by atoms with E-state index in [9.17, 15) is 17.6 Å². The van der Waals surface area contributed by atoms with E-state index in [1.807, 2.05) is 0 Å². The number of sulfonamides is 1. The van der Waals surface area contributed by atoms with Crippen molar-refractivity contribution in [1.29, 1.82) is 0 Å². The molecule has 9 nitrogen and oxygen atoms in total. The Labute approximate surface area is 209 Å². The number of fused-ring (bicyclic) bond motifs is 1. The number of halogens is 1. The fourth-order valence-corrected chi connectivity index (χ4v) is 6.43. The predicted molar refractivity (Wildman–Crippen MR) is 134 cm³/mol. The zero-order chi connectivity index (χ0) is 25.3. The summed E-state index contributed by atoms with van der Waals surface area (Å²) in [6.07, 6.45) is 4.86. The number of nitrogens with zero attached hydrogens (tertiary/aromatic N) is 5. The quantitative estimate of drug-likeness (QED) is 0.521. The molecule has 3 aromatic rings. The summed E-state index contributed by atoms with van der Waals surface area (Å²) in [4.78, 5) is 15.3. The zero-order valence-electron chi connectivity index (χ0n) is 19.9. The number of aromatic nitrogens is 3. The average Bonchev–Trinajstić information content (AvgIpc) is 3.66. The number of nitrogens with two attached hydrogens (primary N) is 1. The minimum absolute atomic E-state index is 0.0562. The molecule has 2 saturated heterocycles. The molecule has 1 amide bonds. The fraction of sp³-hybridized carbons (Fsp3) is 0.400. The van der Waals surface area contributed by atoms with E-state index in [4.69, 9.17) is 5.73 Å². The third-order valence-electron chi connectivity index (χ3n) is 6.75. The molecule has 3 heterocycles. The smallest absolute Gasteiger partial charge is 0.253 e. The van der Waals surface area contributed by atoms with Gasteiger partial charge in [-0.3, -0.25) is 4.79 Å². The Morgan fingerprint density at radius 2 is 1.78 bits per heavy atom. The first-order valence-electron chi connectivity index (χ1n) is 12.2. The lowest BCUT2D eigenvalue weighted by atomic mass is 10.0. The number of rotatable bonds is 7. The van der Waals surface area contributed by atoms with E-state index in [0.717, 1.165) is 25.7 Å². The molecule has 0 saturated carbocycles. The lowest BCUT2D eigenvalue weighted by molar-refractivity contribution is 0.0793. The van der Waals surface area contributed by atoms with Crippen LogP contribution >= 0.6 is 0 Å². The Balaban J connectivity index is 1.63. The van der Waals surface area contributed by atoms with E-state index in [2.05, 4.69) is 10.3 Å². The van der Waals surface area contributed by atoms with Gasteiger partial charge in [0, 0.05) is 43.9 Å². The van der Waals surface area contributed by atoms with Gasteiger partial charge in [-0.25, -0.2) is 17.5 Å². The summed E-state index contributed by atoms with van der Waals surface area (Å²) < 4.78 is 43.6. The van der Waals surface area contributed by atoms with Crippen LogP contribution < -0.4 is 5.73 Å². The maximum absolute atomic E-state index is 14.3. The van der Waals surface area contributed by atoms with Crippen LogP contribution in [0.5, 0.6) is 0 Å². The summed E-state index contributed by atoms with van der Waals surface area (Å²) in [6.45, 7) is 2.26. The molecule has 2 aliphatic rings. The Bertz CT molecular complexity index is 1420. The Kier molecular flexibility index (Phi) is 6.87. The van der Waals surface area contributed by atoms with Crippen LogP contribution in [-0.4, -0.2) is 71.2 Å². The fourth-order valence-electron chi connectivity index (χ4n) is 4.87. The highest BCUT2D eigenvalue weighted by Crippen LogP contribution is 2.32. The molecule has 2 aromatic carbocycles. The number of hydrogen-bond donors (Lipinski definition) is 1. The van der Waals surface area contributed by atoms with Gasteiger partial charge in [-0.2, -0.15) is 4.31 Å². The second-order valence-electron chi connectivity index (χ2n) is 9.16. The van der Waals surface area contributed by atoms with Gasteiger partial charge in [0.2, 0.25) is 10.0 Å². The van der Waals surface area contributed by atoms with Crippen molar-refractivity contribution in [1.82, 2.24) is 24.2 Å². The van der Waals surface area contributed by atoms with Crippen molar-refractivity contribution in [2.45, 2.75) is 37.1 Å². The van der Waals surface area contributed by atoms with Crippen molar-refractivity contribution in [2.24, 2.45) is 5.73 Å². The number of benzene rings is 2. The van der Waals surface area contributed by atoms with Crippen LogP contribution in [0.15, 0.2) is 53.2 Å².